The Morgan fingerprint density at radius 2 is 1.91 bits per heavy atom. The fourth-order valence-electron chi connectivity index (χ4n) is 2.47. The molecule has 1 aromatic rings. The number of hydrogen-bond acceptors (Lipinski definition) is 3. The van der Waals surface area contributed by atoms with E-state index >= 15 is 0 Å². The first kappa shape index (κ1) is 18.0. The minimum Gasteiger partial charge on any atom is -0.496 e. The summed E-state index contributed by atoms with van der Waals surface area (Å²) in [5.41, 5.74) is 2.81. The molecule has 0 radical (unpaired) electrons. The second-order valence-corrected chi connectivity index (χ2v) is 6.03. The molecule has 0 aromatic heterocycles. The molecule has 122 valence electrons. The molecule has 0 aliphatic carbocycles. The highest BCUT2D eigenvalue weighted by Crippen LogP contribution is 2.24. The topological polar surface area (TPSA) is 75.6 Å². The molecule has 1 amide bonds. The number of nitrogens with one attached hydrogen (secondary N) is 1. The predicted molar refractivity (Wildman–Crippen MR) is 85.2 cm³/mol. The van der Waals surface area contributed by atoms with Gasteiger partial charge in [-0.25, -0.2) is 4.79 Å². The standard InChI is InChI=1S/C17H25NO4/c1-10(2)6-14(17(20)21)18-16(19)9-13-12(4)7-11(3)8-15(13)22-5/h7-8,10,14H,6,9H2,1-5H3,(H,18,19)(H,20,21)/t14-/m0/s1. The SMILES string of the molecule is COc1cc(C)cc(C)c1CC(=O)N[C@@H](CC(C)C)C(=O)O. The van der Waals surface area contributed by atoms with E-state index in [0.29, 0.717) is 12.2 Å². The van der Waals surface area contributed by atoms with Crippen molar-refractivity contribution in [3.8, 4) is 5.75 Å². The van der Waals surface area contributed by atoms with E-state index in [1.807, 2.05) is 39.8 Å². The molecule has 2 N–H and O–H groups in total. The highest BCUT2D eigenvalue weighted by molar-refractivity contribution is 5.85. The van der Waals surface area contributed by atoms with Crippen molar-refractivity contribution in [2.45, 2.75) is 46.6 Å². The monoisotopic (exact) mass is 307 g/mol. The molecule has 0 heterocycles. The van der Waals surface area contributed by atoms with Gasteiger partial charge in [-0.05, 0) is 43.4 Å². The minimum atomic E-state index is -1.00. The largest absolute Gasteiger partial charge is 0.496 e. The van der Waals surface area contributed by atoms with Crippen molar-refractivity contribution in [2.24, 2.45) is 5.92 Å². The molecular formula is C17H25NO4. The average molecular weight is 307 g/mol. The summed E-state index contributed by atoms with van der Waals surface area (Å²) in [5, 5.41) is 11.8. The number of carbonyl (C=O) groups is 2. The van der Waals surface area contributed by atoms with E-state index in [9.17, 15) is 14.7 Å². The summed E-state index contributed by atoms with van der Waals surface area (Å²) in [7, 11) is 1.56. The first-order chi connectivity index (χ1) is 10.2. The van der Waals surface area contributed by atoms with Crippen molar-refractivity contribution < 1.29 is 19.4 Å². The van der Waals surface area contributed by atoms with Crippen molar-refractivity contribution in [3.05, 3.63) is 28.8 Å². The van der Waals surface area contributed by atoms with Crippen LogP contribution >= 0.6 is 0 Å². The third-order valence-electron chi connectivity index (χ3n) is 3.47. The number of aliphatic carboxylic acids is 1. The number of carboxylic acid groups (broad SMARTS) is 1. The molecule has 1 aromatic carbocycles. The molecule has 0 saturated carbocycles. The van der Waals surface area contributed by atoms with Crippen molar-refractivity contribution in [3.63, 3.8) is 0 Å². The number of methoxy groups -OCH3 is 1. The molecule has 0 bridgehead atoms. The van der Waals surface area contributed by atoms with Crippen molar-refractivity contribution >= 4 is 11.9 Å². The minimum absolute atomic E-state index is 0.108. The number of ether oxygens (including phenoxy) is 1. The highest BCUT2D eigenvalue weighted by Gasteiger charge is 2.22. The molecule has 5 heteroatoms. The van der Waals surface area contributed by atoms with E-state index in [-0.39, 0.29) is 18.2 Å². The zero-order valence-corrected chi connectivity index (χ0v) is 13.9. The van der Waals surface area contributed by atoms with Gasteiger partial charge in [0.25, 0.3) is 0 Å². The van der Waals surface area contributed by atoms with Crippen LogP contribution in [-0.4, -0.2) is 30.1 Å². The van der Waals surface area contributed by atoms with Gasteiger partial charge in [0.1, 0.15) is 11.8 Å². The molecule has 1 atom stereocenters. The third kappa shape index (κ3) is 5.06. The van der Waals surface area contributed by atoms with Crippen molar-refractivity contribution in [1.29, 1.82) is 0 Å². The Hall–Kier alpha value is -2.04. The van der Waals surface area contributed by atoms with Gasteiger partial charge in [0, 0.05) is 5.56 Å². The van der Waals surface area contributed by atoms with Crippen LogP contribution in [0.5, 0.6) is 5.75 Å². The summed E-state index contributed by atoms with van der Waals surface area (Å²) >= 11 is 0. The molecule has 0 aliphatic heterocycles. The number of amides is 1. The van der Waals surface area contributed by atoms with Gasteiger partial charge in [-0.1, -0.05) is 19.9 Å². The van der Waals surface area contributed by atoms with E-state index in [4.69, 9.17) is 4.74 Å². The van der Waals surface area contributed by atoms with Crippen LogP contribution in [0, 0.1) is 19.8 Å². The van der Waals surface area contributed by atoms with Gasteiger partial charge >= 0.3 is 5.97 Å². The zero-order chi connectivity index (χ0) is 16.9. The first-order valence-corrected chi connectivity index (χ1v) is 7.40. The summed E-state index contributed by atoms with van der Waals surface area (Å²) in [4.78, 5) is 23.4. The Morgan fingerprint density at radius 1 is 1.27 bits per heavy atom. The number of aryl methyl sites for hydroxylation is 2. The molecule has 0 unspecified atom stereocenters. The quantitative estimate of drug-likeness (QED) is 0.811. The Morgan fingerprint density at radius 3 is 2.41 bits per heavy atom. The van der Waals surface area contributed by atoms with E-state index in [1.165, 1.54) is 0 Å². The molecule has 0 fully saturated rings. The first-order valence-electron chi connectivity index (χ1n) is 7.40. The number of carbonyl (C=O) groups excluding carboxylic acids is 1. The molecule has 0 saturated heterocycles. The van der Waals surface area contributed by atoms with Gasteiger partial charge in [0.2, 0.25) is 5.91 Å². The molecule has 1 rings (SSSR count). The van der Waals surface area contributed by atoms with E-state index < -0.39 is 12.0 Å². The van der Waals surface area contributed by atoms with Crippen LogP contribution in [0.25, 0.3) is 0 Å². The Labute approximate surface area is 131 Å². The van der Waals surface area contributed by atoms with E-state index in [2.05, 4.69) is 5.32 Å². The second kappa shape index (κ2) is 7.82. The second-order valence-electron chi connectivity index (χ2n) is 6.03. The molecular weight excluding hydrogens is 282 g/mol. The maximum absolute atomic E-state index is 12.2. The van der Waals surface area contributed by atoms with Crippen LogP contribution in [0.4, 0.5) is 0 Å². The van der Waals surface area contributed by atoms with Crippen molar-refractivity contribution in [2.75, 3.05) is 7.11 Å². The fraction of sp³-hybridized carbons (Fsp3) is 0.529. The Bertz CT molecular complexity index is 552. The number of rotatable bonds is 7. The summed E-state index contributed by atoms with van der Waals surface area (Å²) < 4.78 is 5.33. The van der Waals surface area contributed by atoms with Gasteiger partial charge < -0.3 is 15.2 Å². The van der Waals surface area contributed by atoms with Crippen LogP contribution in [0.3, 0.4) is 0 Å². The van der Waals surface area contributed by atoms with Crippen molar-refractivity contribution in [1.82, 2.24) is 5.32 Å². The van der Waals surface area contributed by atoms with E-state index in [1.54, 1.807) is 7.11 Å². The van der Waals surface area contributed by atoms with Gasteiger partial charge in [-0.2, -0.15) is 0 Å². The maximum Gasteiger partial charge on any atom is 0.326 e. The lowest BCUT2D eigenvalue weighted by molar-refractivity contribution is -0.142. The lowest BCUT2D eigenvalue weighted by Crippen LogP contribution is -2.42. The molecule has 0 aliphatic rings. The van der Waals surface area contributed by atoms with Crippen LogP contribution in [0.15, 0.2) is 12.1 Å². The summed E-state index contributed by atoms with van der Waals surface area (Å²) in [6, 6.07) is 3.00. The Balaban J connectivity index is 2.86. The smallest absolute Gasteiger partial charge is 0.326 e. The molecule has 5 nitrogen and oxygen atoms in total. The molecule has 22 heavy (non-hydrogen) atoms. The highest BCUT2D eigenvalue weighted by atomic mass is 16.5. The zero-order valence-electron chi connectivity index (χ0n) is 13.9. The Kier molecular flexibility index (Phi) is 6.40. The van der Waals surface area contributed by atoms with Gasteiger partial charge in [0.15, 0.2) is 0 Å². The third-order valence-corrected chi connectivity index (χ3v) is 3.47. The predicted octanol–water partition coefficient (Wildman–Crippen LogP) is 2.47. The number of hydrogen-bond donors (Lipinski definition) is 2. The van der Waals surface area contributed by atoms with E-state index in [0.717, 1.165) is 16.7 Å². The van der Waals surface area contributed by atoms with Crippen LogP contribution in [0.2, 0.25) is 0 Å². The van der Waals surface area contributed by atoms with Gasteiger partial charge in [-0.3, -0.25) is 4.79 Å². The van der Waals surface area contributed by atoms with Gasteiger partial charge in [-0.15, -0.1) is 0 Å². The van der Waals surface area contributed by atoms with Crippen LogP contribution in [-0.2, 0) is 16.0 Å². The van der Waals surface area contributed by atoms with Crippen LogP contribution < -0.4 is 10.1 Å². The fourth-order valence-corrected chi connectivity index (χ4v) is 2.47. The van der Waals surface area contributed by atoms with Crippen LogP contribution in [0.1, 0.15) is 37.0 Å². The number of carboxylic acids is 1. The lowest BCUT2D eigenvalue weighted by atomic mass is 10.00. The summed E-state index contributed by atoms with van der Waals surface area (Å²) in [6.07, 6.45) is 0.516. The normalized spacial score (nSPS) is 12.1. The van der Waals surface area contributed by atoms with Gasteiger partial charge in [0.05, 0.1) is 13.5 Å². The lowest BCUT2D eigenvalue weighted by Gasteiger charge is -2.18. The maximum atomic E-state index is 12.2. The number of benzene rings is 1. The molecule has 0 spiro atoms. The summed E-state index contributed by atoms with van der Waals surface area (Å²) in [6.45, 7) is 7.73. The summed E-state index contributed by atoms with van der Waals surface area (Å²) in [5.74, 6) is -0.464. The average Bonchev–Trinajstić information content (AvgIpc) is 2.40.